The average Bonchev–Trinajstić information content (AvgIpc) is 2.56. The number of benzene rings is 2. The molecular formula is C19H22N2O2. The van der Waals surface area contributed by atoms with Crippen molar-refractivity contribution in [1.82, 2.24) is 5.32 Å². The smallest absolute Gasteiger partial charge is 0.240 e. The Morgan fingerprint density at radius 1 is 0.913 bits per heavy atom. The molecule has 0 saturated heterocycles. The number of amides is 2. The van der Waals surface area contributed by atoms with Crippen LogP contribution in [-0.4, -0.2) is 17.9 Å². The van der Waals surface area contributed by atoms with Gasteiger partial charge in [-0.3, -0.25) is 9.59 Å². The van der Waals surface area contributed by atoms with E-state index in [9.17, 15) is 9.59 Å². The van der Waals surface area contributed by atoms with Gasteiger partial charge in [-0.25, -0.2) is 0 Å². The van der Waals surface area contributed by atoms with Gasteiger partial charge in [-0.2, -0.15) is 0 Å². The van der Waals surface area contributed by atoms with E-state index in [4.69, 9.17) is 5.73 Å². The molecule has 2 rings (SSSR count). The molecule has 120 valence electrons. The Balaban J connectivity index is 1.80. The summed E-state index contributed by atoms with van der Waals surface area (Å²) in [6.07, 6.45) is 2.38. The summed E-state index contributed by atoms with van der Waals surface area (Å²) in [4.78, 5) is 23.6. The minimum absolute atomic E-state index is 0.138. The number of hydrogen-bond donors (Lipinski definition) is 2. The van der Waals surface area contributed by atoms with E-state index in [1.807, 2.05) is 60.7 Å². The SMILES string of the molecule is NC(=O)C(Cc1ccccc1)NC(=O)CCCc1ccccc1. The number of nitrogens with one attached hydrogen (secondary N) is 1. The highest BCUT2D eigenvalue weighted by Crippen LogP contribution is 2.06. The molecule has 0 aliphatic heterocycles. The zero-order valence-electron chi connectivity index (χ0n) is 13.1. The molecule has 0 aliphatic rings. The van der Waals surface area contributed by atoms with Crippen molar-refractivity contribution in [3.05, 3.63) is 71.8 Å². The highest BCUT2D eigenvalue weighted by Gasteiger charge is 2.18. The van der Waals surface area contributed by atoms with E-state index in [1.54, 1.807) is 0 Å². The summed E-state index contributed by atoms with van der Waals surface area (Å²) < 4.78 is 0. The predicted molar refractivity (Wildman–Crippen MR) is 90.7 cm³/mol. The summed E-state index contributed by atoms with van der Waals surface area (Å²) >= 11 is 0. The molecule has 0 spiro atoms. The summed E-state index contributed by atoms with van der Waals surface area (Å²) in [5.41, 5.74) is 7.58. The molecule has 4 heteroatoms. The summed E-state index contributed by atoms with van der Waals surface area (Å²) in [6, 6.07) is 18.9. The third-order valence-electron chi connectivity index (χ3n) is 3.67. The van der Waals surface area contributed by atoms with Gasteiger partial charge < -0.3 is 11.1 Å². The lowest BCUT2D eigenvalue weighted by molar-refractivity contribution is -0.127. The van der Waals surface area contributed by atoms with Crippen molar-refractivity contribution in [1.29, 1.82) is 0 Å². The van der Waals surface area contributed by atoms with Crippen LogP contribution >= 0.6 is 0 Å². The molecule has 0 radical (unpaired) electrons. The minimum atomic E-state index is -0.665. The van der Waals surface area contributed by atoms with Crippen molar-refractivity contribution >= 4 is 11.8 Å². The molecule has 0 aromatic heterocycles. The van der Waals surface area contributed by atoms with Gasteiger partial charge in [-0.15, -0.1) is 0 Å². The van der Waals surface area contributed by atoms with Crippen molar-refractivity contribution in [3.63, 3.8) is 0 Å². The third-order valence-corrected chi connectivity index (χ3v) is 3.67. The number of carbonyl (C=O) groups is 2. The topological polar surface area (TPSA) is 72.2 Å². The quantitative estimate of drug-likeness (QED) is 0.785. The maximum atomic E-state index is 12.0. The van der Waals surface area contributed by atoms with Crippen LogP contribution in [0.4, 0.5) is 0 Å². The van der Waals surface area contributed by atoms with Gasteiger partial charge in [-0.05, 0) is 24.0 Å². The van der Waals surface area contributed by atoms with Gasteiger partial charge in [0.25, 0.3) is 0 Å². The maximum Gasteiger partial charge on any atom is 0.240 e. The standard InChI is InChI=1S/C19H22N2O2/c20-19(23)17(14-16-10-5-2-6-11-16)21-18(22)13-7-12-15-8-3-1-4-9-15/h1-6,8-11,17H,7,12-14H2,(H2,20,23)(H,21,22). The van der Waals surface area contributed by atoms with Crippen LogP contribution in [0, 0.1) is 0 Å². The lowest BCUT2D eigenvalue weighted by atomic mass is 10.0. The first-order valence-electron chi connectivity index (χ1n) is 7.81. The van der Waals surface area contributed by atoms with E-state index in [1.165, 1.54) is 5.56 Å². The largest absolute Gasteiger partial charge is 0.368 e. The van der Waals surface area contributed by atoms with Crippen molar-refractivity contribution in [2.24, 2.45) is 5.73 Å². The molecule has 0 fully saturated rings. The lowest BCUT2D eigenvalue weighted by Gasteiger charge is -2.15. The van der Waals surface area contributed by atoms with Crippen LogP contribution < -0.4 is 11.1 Å². The van der Waals surface area contributed by atoms with E-state index >= 15 is 0 Å². The number of rotatable bonds is 8. The Kier molecular flexibility index (Phi) is 6.36. The van der Waals surface area contributed by atoms with Gasteiger partial charge in [0.15, 0.2) is 0 Å². The maximum absolute atomic E-state index is 12.0. The first-order chi connectivity index (χ1) is 11.1. The van der Waals surface area contributed by atoms with E-state index in [0.717, 1.165) is 18.4 Å². The number of primary amides is 1. The summed E-state index contributed by atoms with van der Waals surface area (Å²) in [5.74, 6) is -0.647. The Labute approximate surface area is 136 Å². The molecule has 3 N–H and O–H groups in total. The molecule has 2 amide bonds. The second-order valence-corrected chi connectivity index (χ2v) is 5.55. The number of hydrogen-bond acceptors (Lipinski definition) is 2. The van der Waals surface area contributed by atoms with Crippen molar-refractivity contribution in [2.75, 3.05) is 0 Å². The van der Waals surface area contributed by atoms with Crippen LogP contribution in [0.1, 0.15) is 24.0 Å². The fraction of sp³-hybridized carbons (Fsp3) is 0.263. The molecule has 23 heavy (non-hydrogen) atoms. The number of nitrogens with two attached hydrogens (primary N) is 1. The zero-order valence-corrected chi connectivity index (χ0v) is 13.1. The van der Waals surface area contributed by atoms with Gasteiger partial charge >= 0.3 is 0 Å². The van der Waals surface area contributed by atoms with Crippen molar-refractivity contribution < 1.29 is 9.59 Å². The molecule has 0 aliphatic carbocycles. The second kappa shape index (κ2) is 8.73. The molecule has 2 aromatic carbocycles. The average molecular weight is 310 g/mol. The summed E-state index contributed by atoms with van der Waals surface area (Å²) in [5, 5.41) is 2.74. The van der Waals surface area contributed by atoms with Gasteiger partial charge in [-0.1, -0.05) is 60.7 Å². The number of carbonyl (C=O) groups excluding carboxylic acids is 2. The Morgan fingerprint density at radius 2 is 1.48 bits per heavy atom. The molecule has 2 aromatic rings. The van der Waals surface area contributed by atoms with E-state index in [2.05, 4.69) is 5.32 Å². The van der Waals surface area contributed by atoms with Gasteiger partial charge in [0, 0.05) is 12.8 Å². The molecular weight excluding hydrogens is 288 g/mol. The Bertz CT molecular complexity index is 626. The number of aryl methyl sites for hydroxylation is 1. The summed E-state index contributed by atoms with van der Waals surface area (Å²) in [7, 11) is 0. The van der Waals surface area contributed by atoms with E-state index in [-0.39, 0.29) is 5.91 Å². The summed E-state index contributed by atoms with van der Waals surface area (Å²) in [6.45, 7) is 0. The lowest BCUT2D eigenvalue weighted by Crippen LogP contribution is -2.45. The molecule has 0 bridgehead atoms. The van der Waals surface area contributed by atoms with E-state index in [0.29, 0.717) is 12.8 Å². The normalized spacial score (nSPS) is 11.7. The van der Waals surface area contributed by atoms with Gasteiger partial charge in [0.1, 0.15) is 6.04 Å². The predicted octanol–water partition coefficient (Wildman–Crippen LogP) is 2.22. The first-order valence-corrected chi connectivity index (χ1v) is 7.81. The van der Waals surface area contributed by atoms with Crippen LogP contribution in [0.15, 0.2) is 60.7 Å². The van der Waals surface area contributed by atoms with E-state index < -0.39 is 11.9 Å². The fourth-order valence-electron chi connectivity index (χ4n) is 2.44. The Hall–Kier alpha value is -2.62. The van der Waals surface area contributed by atoms with Crippen LogP contribution in [-0.2, 0) is 22.4 Å². The fourth-order valence-corrected chi connectivity index (χ4v) is 2.44. The first kappa shape index (κ1) is 16.7. The Morgan fingerprint density at radius 3 is 2.04 bits per heavy atom. The van der Waals surface area contributed by atoms with Crippen LogP contribution in [0.3, 0.4) is 0 Å². The molecule has 4 nitrogen and oxygen atoms in total. The van der Waals surface area contributed by atoms with Crippen LogP contribution in [0.25, 0.3) is 0 Å². The monoisotopic (exact) mass is 310 g/mol. The van der Waals surface area contributed by atoms with Crippen LogP contribution in [0.2, 0.25) is 0 Å². The van der Waals surface area contributed by atoms with Gasteiger partial charge in [0.2, 0.25) is 11.8 Å². The third kappa shape index (κ3) is 5.94. The second-order valence-electron chi connectivity index (χ2n) is 5.55. The van der Waals surface area contributed by atoms with Crippen molar-refractivity contribution in [2.45, 2.75) is 31.7 Å². The van der Waals surface area contributed by atoms with Crippen LogP contribution in [0.5, 0.6) is 0 Å². The van der Waals surface area contributed by atoms with Gasteiger partial charge in [0.05, 0.1) is 0 Å². The molecule has 0 heterocycles. The zero-order chi connectivity index (χ0) is 16.5. The molecule has 0 saturated carbocycles. The molecule has 1 atom stereocenters. The minimum Gasteiger partial charge on any atom is -0.368 e. The molecule has 1 unspecified atom stereocenters. The highest BCUT2D eigenvalue weighted by atomic mass is 16.2. The van der Waals surface area contributed by atoms with Crippen molar-refractivity contribution in [3.8, 4) is 0 Å². The highest BCUT2D eigenvalue weighted by molar-refractivity contribution is 5.86.